The van der Waals surface area contributed by atoms with Crippen molar-refractivity contribution in [1.29, 1.82) is 0 Å². The van der Waals surface area contributed by atoms with Crippen molar-refractivity contribution in [3.05, 3.63) is 0 Å². The van der Waals surface area contributed by atoms with Crippen molar-refractivity contribution >= 4 is 27.4 Å². The lowest BCUT2D eigenvalue weighted by Crippen LogP contribution is -2.50. The summed E-state index contributed by atoms with van der Waals surface area (Å²) in [6.07, 6.45) is 2.17. The summed E-state index contributed by atoms with van der Waals surface area (Å²) >= 11 is 5.03. The van der Waals surface area contributed by atoms with E-state index in [-0.39, 0.29) is 5.41 Å². The average Bonchev–Trinajstić information content (AvgIpc) is 2.27. The van der Waals surface area contributed by atoms with E-state index in [1.165, 1.54) is 4.31 Å². The molecule has 0 unspecified atom stereocenters. The molecule has 0 spiro atoms. The third kappa shape index (κ3) is 3.61. The molecule has 1 saturated heterocycles. The quantitative estimate of drug-likeness (QED) is 0.723. The molecule has 0 saturated carbocycles. The second-order valence-corrected chi connectivity index (χ2v) is 6.92. The molecule has 0 bridgehead atoms. The zero-order valence-corrected chi connectivity index (χ0v) is 12.0. The molecule has 0 aliphatic carbocycles. The van der Waals surface area contributed by atoms with Gasteiger partial charge in [-0.1, -0.05) is 26.1 Å². The zero-order valence-electron chi connectivity index (χ0n) is 10.4. The summed E-state index contributed by atoms with van der Waals surface area (Å²) in [5.41, 5.74) is 5.48. The third-order valence-corrected chi connectivity index (χ3v) is 5.40. The summed E-state index contributed by atoms with van der Waals surface area (Å²) in [7, 11) is -3.32. The van der Waals surface area contributed by atoms with E-state index >= 15 is 0 Å². The Morgan fingerprint density at radius 2 is 2.00 bits per heavy atom. The fourth-order valence-corrected chi connectivity index (χ4v) is 3.30. The molecule has 0 aromatic carbocycles. The van der Waals surface area contributed by atoms with Gasteiger partial charge in [0.1, 0.15) is 0 Å². The number of thiocarbonyl (C=S) groups is 1. The van der Waals surface area contributed by atoms with Gasteiger partial charge in [-0.05, 0) is 19.3 Å². The van der Waals surface area contributed by atoms with E-state index in [4.69, 9.17) is 18.0 Å². The van der Waals surface area contributed by atoms with E-state index in [1.54, 1.807) is 0 Å². The maximum atomic E-state index is 11.9. The Balaban J connectivity index is 2.60. The van der Waals surface area contributed by atoms with Crippen LogP contribution in [-0.2, 0) is 10.2 Å². The van der Waals surface area contributed by atoms with Gasteiger partial charge in [0.05, 0.1) is 4.99 Å². The van der Waals surface area contributed by atoms with Crippen LogP contribution in [0, 0.1) is 5.41 Å². The SMILES string of the molecule is CCCNS(=O)(=O)N1CCC(C)(C(N)=S)CC1. The van der Waals surface area contributed by atoms with E-state index in [0.717, 1.165) is 6.42 Å². The first-order valence-corrected chi connectivity index (χ1v) is 7.71. The minimum Gasteiger partial charge on any atom is -0.393 e. The first-order valence-electron chi connectivity index (χ1n) is 5.86. The van der Waals surface area contributed by atoms with E-state index in [1.807, 2.05) is 13.8 Å². The Morgan fingerprint density at radius 3 is 2.41 bits per heavy atom. The van der Waals surface area contributed by atoms with E-state index in [0.29, 0.717) is 37.5 Å². The van der Waals surface area contributed by atoms with Gasteiger partial charge in [-0.25, -0.2) is 4.72 Å². The fourth-order valence-electron chi connectivity index (χ4n) is 1.79. The van der Waals surface area contributed by atoms with Gasteiger partial charge in [0.2, 0.25) is 0 Å². The molecule has 1 fully saturated rings. The molecule has 1 aliphatic rings. The number of hydrogen-bond donors (Lipinski definition) is 2. The van der Waals surface area contributed by atoms with Crippen molar-refractivity contribution < 1.29 is 8.42 Å². The molecule has 100 valence electrons. The van der Waals surface area contributed by atoms with E-state index in [2.05, 4.69) is 4.72 Å². The van der Waals surface area contributed by atoms with Gasteiger partial charge in [0, 0.05) is 25.0 Å². The summed E-state index contributed by atoms with van der Waals surface area (Å²) in [6.45, 7) is 5.37. The summed E-state index contributed by atoms with van der Waals surface area (Å²) in [6, 6.07) is 0. The van der Waals surface area contributed by atoms with Crippen molar-refractivity contribution in [1.82, 2.24) is 9.03 Å². The molecule has 0 aromatic rings. The highest BCUT2D eigenvalue weighted by Crippen LogP contribution is 2.31. The number of hydrogen-bond acceptors (Lipinski definition) is 3. The van der Waals surface area contributed by atoms with Crippen LogP contribution < -0.4 is 10.5 Å². The molecule has 0 amide bonds. The van der Waals surface area contributed by atoms with E-state index < -0.39 is 10.2 Å². The first kappa shape index (κ1) is 14.8. The molecule has 0 radical (unpaired) electrons. The minimum absolute atomic E-state index is 0.202. The van der Waals surface area contributed by atoms with Gasteiger partial charge in [0.15, 0.2) is 0 Å². The maximum Gasteiger partial charge on any atom is 0.279 e. The maximum absolute atomic E-state index is 11.9. The van der Waals surface area contributed by atoms with Gasteiger partial charge >= 0.3 is 0 Å². The van der Waals surface area contributed by atoms with Crippen LogP contribution in [-0.4, -0.2) is 37.3 Å². The Kier molecular flexibility index (Phi) is 4.88. The van der Waals surface area contributed by atoms with Crippen LogP contribution >= 0.6 is 12.2 Å². The van der Waals surface area contributed by atoms with Crippen LogP contribution in [0.2, 0.25) is 0 Å². The molecule has 0 atom stereocenters. The Labute approximate surface area is 109 Å². The van der Waals surface area contributed by atoms with Crippen LogP contribution in [0.25, 0.3) is 0 Å². The summed E-state index contributed by atoms with van der Waals surface area (Å²) in [4.78, 5) is 0.482. The smallest absolute Gasteiger partial charge is 0.279 e. The number of nitrogens with one attached hydrogen (secondary N) is 1. The van der Waals surface area contributed by atoms with Crippen LogP contribution in [0.4, 0.5) is 0 Å². The normalized spacial score (nSPS) is 21.3. The predicted octanol–water partition coefficient (Wildman–Crippen LogP) is 0.619. The number of nitrogens with two attached hydrogens (primary N) is 1. The van der Waals surface area contributed by atoms with Crippen LogP contribution in [0.15, 0.2) is 0 Å². The molecule has 1 rings (SSSR count). The van der Waals surface area contributed by atoms with Gasteiger partial charge in [-0.15, -0.1) is 0 Å². The molecule has 1 heterocycles. The summed E-state index contributed by atoms with van der Waals surface area (Å²) < 4.78 is 27.8. The lowest BCUT2D eigenvalue weighted by molar-refractivity contribution is 0.242. The van der Waals surface area contributed by atoms with Crippen molar-refractivity contribution in [3.63, 3.8) is 0 Å². The zero-order chi connectivity index (χ0) is 13.1. The molecular weight excluding hydrogens is 258 g/mol. The van der Waals surface area contributed by atoms with Gasteiger partial charge in [-0.3, -0.25) is 0 Å². The second kappa shape index (κ2) is 5.60. The third-order valence-electron chi connectivity index (χ3n) is 3.30. The topological polar surface area (TPSA) is 75.4 Å². The Morgan fingerprint density at radius 1 is 1.47 bits per heavy atom. The highest BCUT2D eigenvalue weighted by Gasteiger charge is 2.36. The Bertz CT molecular complexity index is 373. The number of rotatable bonds is 5. The molecule has 0 aromatic heterocycles. The average molecular weight is 279 g/mol. The van der Waals surface area contributed by atoms with Crippen molar-refractivity contribution in [2.24, 2.45) is 11.1 Å². The monoisotopic (exact) mass is 279 g/mol. The van der Waals surface area contributed by atoms with Crippen LogP contribution in [0.5, 0.6) is 0 Å². The number of piperidine rings is 1. The highest BCUT2D eigenvalue weighted by molar-refractivity contribution is 7.87. The van der Waals surface area contributed by atoms with Crippen molar-refractivity contribution in [3.8, 4) is 0 Å². The molecule has 5 nitrogen and oxygen atoms in total. The molecular formula is C10H21N3O2S2. The van der Waals surface area contributed by atoms with Gasteiger partial charge < -0.3 is 5.73 Å². The number of nitrogens with zero attached hydrogens (tertiary/aromatic N) is 1. The van der Waals surface area contributed by atoms with Crippen LogP contribution in [0.3, 0.4) is 0 Å². The summed E-state index contributed by atoms with van der Waals surface area (Å²) in [5.74, 6) is 0. The predicted molar refractivity (Wildman–Crippen MR) is 72.9 cm³/mol. The minimum atomic E-state index is -3.32. The fraction of sp³-hybridized carbons (Fsp3) is 0.900. The lowest BCUT2D eigenvalue weighted by atomic mass is 9.81. The summed E-state index contributed by atoms with van der Waals surface area (Å²) in [5, 5.41) is 0. The molecule has 1 aliphatic heterocycles. The van der Waals surface area contributed by atoms with E-state index in [9.17, 15) is 8.42 Å². The first-order chi connectivity index (χ1) is 7.82. The molecule has 17 heavy (non-hydrogen) atoms. The van der Waals surface area contributed by atoms with Crippen LogP contribution in [0.1, 0.15) is 33.1 Å². The molecule has 7 heteroatoms. The Hall–Kier alpha value is -0.240. The van der Waals surface area contributed by atoms with Crippen molar-refractivity contribution in [2.75, 3.05) is 19.6 Å². The lowest BCUT2D eigenvalue weighted by Gasteiger charge is -2.37. The largest absolute Gasteiger partial charge is 0.393 e. The van der Waals surface area contributed by atoms with Crippen molar-refractivity contribution in [2.45, 2.75) is 33.1 Å². The second-order valence-electron chi connectivity index (χ2n) is 4.72. The standard InChI is InChI=1S/C10H21N3O2S2/c1-3-6-12-17(14,15)13-7-4-10(2,5-8-13)9(11)16/h12H,3-8H2,1-2H3,(H2,11,16). The highest BCUT2D eigenvalue weighted by atomic mass is 32.2. The van der Waals surface area contributed by atoms with Gasteiger partial charge in [-0.2, -0.15) is 12.7 Å². The van der Waals surface area contributed by atoms with Gasteiger partial charge in [0.25, 0.3) is 10.2 Å². The molecule has 3 N–H and O–H groups in total.